The van der Waals surface area contributed by atoms with Gasteiger partial charge >= 0.3 is 0 Å². The average molecular weight is 397 g/mol. The van der Waals surface area contributed by atoms with Crippen molar-refractivity contribution in [1.29, 1.82) is 0 Å². The van der Waals surface area contributed by atoms with Crippen LogP contribution in [0, 0.1) is 0 Å². The van der Waals surface area contributed by atoms with Crippen LogP contribution >= 0.6 is 0 Å². The Bertz CT molecular complexity index is 854. The Labute approximate surface area is 170 Å². The predicted molar refractivity (Wildman–Crippen MR) is 110 cm³/mol. The lowest BCUT2D eigenvalue weighted by Crippen LogP contribution is -2.34. The minimum Gasteiger partial charge on any atom is -0.474 e. The molecule has 2 N–H and O–H groups in total. The van der Waals surface area contributed by atoms with Crippen molar-refractivity contribution in [2.75, 3.05) is 44.8 Å². The van der Waals surface area contributed by atoms with Crippen LogP contribution in [0.5, 0.6) is 5.88 Å². The van der Waals surface area contributed by atoms with Gasteiger partial charge in [-0.1, -0.05) is 0 Å². The second-order valence-corrected chi connectivity index (χ2v) is 7.28. The van der Waals surface area contributed by atoms with E-state index in [-0.39, 0.29) is 12.0 Å². The van der Waals surface area contributed by atoms with Crippen LogP contribution in [0.4, 0.5) is 11.5 Å². The minimum absolute atomic E-state index is 0.0806. The number of carbonyl (C=O) groups is 1. The summed E-state index contributed by atoms with van der Waals surface area (Å²) in [5.41, 5.74) is 2.88. The van der Waals surface area contributed by atoms with Gasteiger partial charge in [0.25, 0.3) is 5.91 Å². The number of carbonyl (C=O) groups excluding carboxylic acids is 1. The molecule has 0 radical (unpaired) electrons. The standard InChI is InChI=1S/C21H27N5O3/c1-28-11-9-23-21(27)16-2-3-18-15(12-16)6-10-26(18)19-13-20(25-14-24-19)29-17-4-7-22-8-5-17/h2-3,12-14,17,22H,4-11H2,1H3,(H,23,27). The molecule has 2 aliphatic heterocycles. The van der Waals surface area contributed by atoms with Crippen LogP contribution in [0.2, 0.25) is 0 Å². The summed E-state index contributed by atoms with van der Waals surface area (Å²) in [4.78, 5) is 23.2. The van der Waals surface area contributed by atoms with E-state index >= 15 is 0 Å². The third-order valence-corrected chi connectivity index (χ3v) is 5.31. The lowest BCUT2D eigenvalue weighted by atomic mass is 10.1. The third-order valence-electron chi connectivity index (χ3n) is 5.31. The monoisotopic (exact) mass is 397 g/mol. The van der Waals surface area contributed by atoms with Gasteiger partial charge in [0, 0.05) is 37.5 Å². The van der Waals surface area contributed by atoms with Gasteiger partial charge in [-0.2, -0.15) is 0 Å². The minimum atomic E-state index is -0.0806. The van der Waals surface area contributed by atoms with Crippen molar-refractivity contribution in [3.8, 4) is 5.88 Å². The first-order valence-corrected chi connectivity index (χ1v) is 10.1. The van der Waals surface area contributed by atoms with E-state index in [9.17, 15) is 4.79 Å². The summed E-state index contributed by atoms with van der Waals surface area (Å²) >= 11 is 0. The number of piperidine rings is 1. The van der Waals surface area contributed by atoms with Crippen LogP contribution in [0.1, 0.15) is 28.8 Å². The summed E-state index contributed by atoms with van der Waals surface area (Å²) in [6.45, 7) is 3.76. The van der Waals surface area contributed by atoms with Crippen molar-refractivity contribution in [2.24, 2.45) is 0 Å². The van der Waals surface area contributed by atoms with Crippen molar-refractivity contribution < 1.29 is 14.3 Å². The van der Waals surface area contributed by atoms with Crippen molar-refractivity contribution in [2.45, 2.75) is 25.4 Å². The number of amides is 1. The van der Waals surface area contributed by atoms with Gasteiger partial charge < -0.3 is 25.0 Å². The molecule has 0 spiro atoms. The van der Waals surface area contributed by atoms with E-state index < -0.39 is 0 Å². The molecule has 29 heavy (non-hydrogen) atoms. The van der Waals surface area contributed by atoms with Crippen LogP contribution in [-0.4, -0.2) is 61.9 Å². The molecule has 154 valence electrons. The van der Waals surface area contributed by atoms with Crippen molar-refractivity contribution in [3.63, 3.8) is 0 Å². The second-order valence-electron chi connectivity index (χ2n) is 7.28. The maximum atomic E-state index is 12.3. The molecule has 1 amide bonds. The summed E-state index contributed by atoms with van der Waals surface area (Å²) in [6.07, 6.45) is 4.59. The third kappa shape index (κ3) is 4.65. The number of aromatic nitrogens is 2. The van der Waals surface area contributed by atoms with Crippen molar-refractivity contribution in [3.05, 3.63) is 41.7 Å². The van der Waals surface area contributed by atoms with E-state index in [4.69, 9.17) is 9.47 Å². The van der Waals surface area contributed by atoms with Gasteiger partial charge in [0.05, 0.1) is 6.61 Å². The quantitative estimate of drug-likeness (QED) is 0.687. The summed E-state index contributed by atoms with van der Waals surface area (Å²) in [5, 5.41) is 6.20. The Hall–Kier alpha value is -2.71. The summed E-state index contributed by atoms with van der Waals surface area (Å²) < 4.78 is 11.0. The molecule has 1 fully saturated rings. The lowest BCUT2D eigenvalue weighted by molar-refractivity contribution is 0.0937. The maximum absolute atomic E-state index is 12.3. The number of hydrogen-bond donors (Lipinski definition) is 2. The number of benzene rings is 1. The number of rotatable bonds is 7. The number of hydrogen-bond acceptors (Lipinski definition) is 7. The summed E-state index contributed by atoms with van der Waals surface area (Å²) in [5.74, 6) is 1.35. The van der Waals surface area contributed by atoms with Crippen molar-refractivity contribution >= 4 is 17.4 Å². The van der Waals surface area contributed by atoms with Crippen LogP contribution in [0.15, 0.2) is 30.6 Å². The number of nitrogens with zero attached hydrogens (tertiary/aromatic N) is 3. The zero-order valence-corrected chi connectivity index (χ0v) is 16.7. The van der Waals surface area contributed by atoms with Crippen molar-refractivity contribution in [1.82, 2.24) is 20.6 Å². The number of fused-ring (bicyclic) bond motifs is 1. The first-order chi connectivity index (χ1) is 14.2. The number of ether oxygens (including phenoxy) is 2. The molecule has 4 rings (SSSR count). The Morgan fingerprint density at radius 2 is 2.14 bits per heavy atom. The highest BCUT2D eigenvalue weighted by Crippen LogP contribution is 2.35. The van der Waals surface area contributed by atoms with Crippen LogP contribution < -0.4 is 20.3 Å². The number of methoxy groups -OCH3 is 1. The Morgan fingerprint density at radius 3 is 2.97 bits per heavy atom. The second kappa shape index (κ2) is 9.19. The van der Waals surface area contributed by atoms with E-state index in [1.165, 1.54) is 0 Å². The first-order valence-electron chi connectivity index (χ1n) is 10.1. The Balaban J connectivity index is 1.46. The molecule has 3 heterocycles. The highest BCUT2D eigenvalue weighted by molar-refractivity contribution is 5.95. The van der Waals surface area contributed by atoms with E-state index in [0.717, 1.165) is 56.0 Å². The first kappa shape index (κ1) is 19.6. The van der Waals surface area contributed by atoms with Gasteiger partial charge in [0.1, 0.15) is 18.2 Å². The Kier molecular flexibility index (Phi) is 6.21. The molecule has 1 aromatic heterocycles. The maximum Gasteiger partial charge on any atom is 0.251 e. The predicted octanol–water partition coefficient (Wildman–Crippen LogP) is 1.68. The van der Waals surface area contributed by atoms with E-state index in [2.05, 4.69) is 25.5 Å². The Morgan fingerprint density at radius 1 is 1.28 bits per heavy atom. The molecule has 0 unspecified atom stereocenters. The fraction of sp³-hybridized carbons (Fsp3) is 0.476. The van der Waals surface area contributed by atoms with Crippen LogP contribution in [-0.2, 0) is 11.2 Å². The van der Waals surface area contributed by atoms with Gasteiger partial charge in [-0.3, -0.25) is 4.79 Å². The van der Waals surface area contributed by atoms with Gasteiger partial charge in [-0.15, -0.1) is 0 Å². The fourth-order valence-corrected chi connectivity index (χ4v) is 3.78. The van der Waals surface area contributed by atoms with Crippen LogP contribution in [0.3, 0.4) is 0 Å². The lowest BCUT2D eigenvalue weighted by Gasteiger charge is -2.24. The zero-order valence-electron chi connectivity index (χ0n) is 16.7. The highest BCUT2D eigenvalue weighted by Gasteiger charge is 2.24. The largest absolute Gasteiger partial charge is 0.474 e. The highest BCUT2D eigenvalue weighted by atomic mass is 16.5. The average Bonchev–Trinajstić information content (AvgIpc) is 3.18. The van der Waals surface area contributed by atoms with Crippen LogP contribution in [0.25, 0.3) is 0 Å². The molecular formula is C21H27N5O3. The molecule has 0 aliphatic carbocycles. The van der Waals surface area contributed by atoms with E-state index in [0.29, 0.717) is 24.6 Å². The smallest absolute Gasteiger partial charge is 0.251 e. The van der Waals surface area contributed by atoms with E-state index in [1.807, 2.05) is 24.3 Å². The van der Waals surface area contributed by atoms with Gasteiger partial charge in [-0.25, -0.2) is 9.97 Å². The molecule has 8 nitrogen and oxygen atoms in total. The normalized spacial score (nSPS) is 16.5. The molecule has 0 bridgehead atoms. The molecule has 1 aromatic carbocycles. The van der Waals surface area contributed by atoms with Gasteiger partial charge in [0.2, 0.25) is 5.88 Å². The van der Waals surface area contributed by atoms with Gasteiger partial charge in [0.15, 0.2) is 0 Å². The summed E-state index contributed by atoms with van der Waals surface area (Å²) in [7, 11) is 1.62. The molecular weight excluding hydrogens is 370 g/mol. The molecule has 2 aliphatic rings. The van der Waals surface area contributed by atoms with E-state index in [1.54, 1.807) is 13.4 Å². The molecule has 0 atom stereocenters. The van der Waals surface area contributed by atoms with Gasteiger partial charge in [-0.05, 0) is 56.1 Å². The molecule has 1 saturated heterocycles. The summed E-state index contributed by atoms with van der Waals surface area (Å²) in [6, 6.07) is 7.71. The molecule has 8 heteroatoms. The molecule has 0 saturated carbocycles. The topological polar surface area (TPSA) is 88.6 Å². The number of anilines is 2. The molecule has 2 aromatic rings. The fourth-order valence-electron chi connectivity index (χ4n) is 3.78. The zero-order chi connectivity index (χ0) is 20.1. The SMILES string of the molecule is COCCNC(=O)c1ccc2c(c1)CCN2c1cc(OC2CCNCC2)ncn1. The number of nitrogens with one attached hydrogen (secondary N) is 2.